The third-order valence-corrected chi connectivity index (χ3v) is 5.82. The molecule has 3 rings (SSSR count). The number of hydrogen-bond acceptors (Lipinski definition) is 3. The van der Waals surface area contributed by atoms with E-state index >= 15 is 0 Å². The maximum Gasteiger partial charge on any atom is 0.191 e. The van der Waals surface area contributed by atoms with E-state index in [0.717, 1.165) is 44.4 Å². The number of piperidine rings is 1. The van der Waals surface area contributed by atoms with Crippen LogP contribution in [0.5, 0.6) is 0 Å². The molecule has 0 amide bonds. The number of rotatable bonds is 9. The highest BCUT2D eigenvalue weighted by Crippen LogP contribution is 2.20. The number of nitrogens with zero attached hydrogens (tertiary/aromatic N) is 4. The third kappa shape index (κ3) is 8.11. The van der Waals surface area contributed by atoms with Crippen LogP contribution in [0.2, 0.25) is 0 Å². The van der Waals surface area contributed by atoms with Crippen molar-refractivity contribution in [1.29, 1.82) is 0 Å². The van der Waals surface area contributed by atoms with Crippen molar-refractivity contribution >= 4 is 29.9 Å². The number of aromatic nitrogens is 2. The number of nitrogens with one attached hydrogen (secondary N) is 2. The summed E-state index contributed by atoms with van der Waals surface area (Å²) < 4.78 is 2.22. The lowest BCUT2D eigenvalue weighted by Crippen LogP contribution is -2.49. The summed E-state index contributed by atoms with van der Waals surface area (Å²) in [7, 11) is 0. The SMILES string of the molecule is CCNC(=NCC(C)(C)N1CCCCC1)NCCc1nccn1Cc1ccccc1.I. The molecule has 1 aliphatic heterocycles. The van der Waals surface area contributed by atoms with E-state index in [0.29, 0.717) is 0 Å². The van der Waals surface area contributed by atoms with E-state index in [1.807, 2.05) is 6.20 Å². The number of guanidine groups is 1. The second-order valence-corrected chi connectivity index (χ2v) is 8.69. The number of hydrogen-bond donors (Lipinski definition) is 2. The summed E-state index contributed by atoms with van der Waals surface area (Å²) in [5.41, 5.74) is 1.38. The van der Waals surface area contributed by atoms with Crippen LogP contribution in [0, 0.1) is 0 Å². The minimum Gasteiger partial charge on any atom is -0.357 e. The predicted octanol–water partition coefficient (Wildman–Crippen LogP) is 3.91. The quantitative estimate of drug-likeness (QED) is 0.289. The normalized spacial score (nSPS) is 15.4. The largest absolute Gasteiger partial charge is 0.357 e. The van der Waals surface area contributed by atoms with Crippen LogP contribution < -0.4 is 10.6 Å². The van der Waals surface area contributed by atoms with Crippen LogP contribution in [-0.2, 0) is 13.0 Å². The van der Waals surface area contributed by atoms with Crippen molar-refractivity contribution in [2.24, 2.45) is 4.99 Å². The molecule has 31 heavy (non-hydrogen) atoms. The van der Waals surface area contributed by atoms with E-state index in [1.165, 1.54) is 37.9 Å². The lowest BCUT2D eigenvalue weighted by Gasteiger charge is -2.40. The van der Waals surface area contributed by atoms with Gasteiger partial charge in [-0.25, -0.2) is 4.98 Å². The zero-order valence-electron chi connectivity index (χ0n) is 19.3. The topological polar surface area (TPSA) is 57.5 Å². The molecule has 1 aromatic carbocycles. The van der Waals surface area contributed by atoms with Crippen molar-refractivity contribution in [2.75, 3.05) is 32.7 Å². The Balaban J connectivity index is 0.00000341. The van der Waals surface area contributed by atoms with Crippen molar-refractivity contribution in [3.63, 3.8) is 0 Å². The molecule has 1 fully saturated rings. The van der Waals surface area contributed by atoms with E-state index in [2.05, 4.69) is 82.4 Å². The van der Waals surface area contributed by atoms with Crippen molar-refractivity contribution in [1.82, 2.24) is 25.1 Å². The van der Waals surface area contributed by atoms with Gasteiger partial charge in [0.05, 0.1) is 6.54 Å². The van der Waals surface area contributed by atoms with Crippen LogP contribution in [0.4, 0.5) is 0 Å². The number of likely N-dealkylation sites (tertiary alicyclic amines) is 1. The fourth-order valence-corrected chi connectivity index (χ4v) is 4.00. The average Bonchev–Trinajstić information content (AvgIpc) is 3.20. The van der Waals surface area contributed by atoms with E-state index in [1.54, 1.807) is 0 Å². The minimum atomic E-state index is 0. The van der Waals surface area contributed by atoms with Crippen LogP contribution in [0.3, 0.4) is 0 Å². The van der Waals surface area contributed by atoms with Crippen molar-refractivity contribution in [3.8, 4) is 0 Å². The summed E-state index contributed by atoms with van der Waals surface area (Å²) in [5.74, 6) is 1.99. The van der Waals surface area contributed by atoms with Crippen molar-refractivity contribution in [3.05, 3.63) is 54.1 Å². The molecule has 7 heteroatoms. The molecule has 1 aliphatic rings. The highest BCUT2D eigenvalue weighted by molar-refractivity contribution is 14.0. The summed E-state index contributed by atoms with van der Waals surface area (Å²) in [6.45, 7) is 12.4. The van der Waals surface area contributed by atoms with E-state index in [9.17, 15) is 0 Å². The number of aliphatic imine (C=N–C) groups is 1. The summed E-state index contributed by atoms with van der Waals surface area (Å²) in [6, 6.07) is 10.5. The zero-order valence-corrected chi connectivity index (χ0v) is 21.6. The molecule has 172 valence electrons. The Labute approximate surface area is 204 Å². The van der Waals surface area contributed by atoms with Gasteiger partial charge in [-0.1, -0.05) is 36.8 Å². The minimum absolute atomic E-state index is 0. The second kappa shape index (κ2) is 13.1. The van der Waals surface area contributed by atoms with Gasteiger partial charge in [-0.15, -0.1) is 24.0 Å². The first-order chi connectivity index (χ1) is 14.6. The molecule has 0 aliphatic carbocycles. The van der Waals surface area contributed by atoms with Gasteiger partial charge in [-0.05, 0) is 52.3 Å². The maximum atomic E-state index is 4.89. The molecule has 2 heterocycles. The Morgan fingerprint density at radius 1 is 1.10 bits per heavy atom. The van der Waals surface area contributed by atoms with E-state index in [-0.39, 0.29) is 29.5 Å². The van der Waals surface area contributed by atoms with Gasteiger partial charge < -0.3 is 15.2 Å². The summed E-state index contributed by atoms with van der Waals surface area (Å²) in [5, 5.41) is 6.88. The number of halogens is 1. The van der Waals surface area contributed by atoms with Gasteiger partial charge in [0.25, 0.3) is 0 Å². The molecule has 0 unspecified atom stereocenters. The van der Waals surface area contributed by atoms with Gasteiger partial charge >= 0.3 is 0 Å². The Bertz CT molecular complexity index is 780. The molecular formula is C24H39IN6. The smallest absolute Gasteiger partial charge is 0.191 e. The van der Waals surface area contributed by atoms with Crippen LogP contribution in [-0.4, -0.2) is 58.7 Å². The molecule has 2 N–H and O–H groups in total. The summed E-state index contributed by atoms with van der Waals surface area (Å²) in [4.78, 5) is 12.0. The van der Waals surface area contributed by atoms with Crippen LogP contribution in [0.1, 0.15) is 51.4 Å². The first-order valence-corrected chi connectivity index (χ1v) is 11.4. The van der Waals surface area contributed by atoms with Crippen LogP contribution in [0.15, 0.2) is 47.7 Å². The predicted molar refractivity (Wildman–Crippen MR) is 140 cm³/mol. The Morgan fingerprint density at radius 2 is 1.84 bits per heavy atom. The fourth-order valence-electron chi connectivity index (χ4n) is 4.00. The third-order valence-electron chi connectivity index (χ3n) is 5.82. The van der Waals surface area contributed by atoms with Gasteiger partial charge in [0.1, 0.15) is 5.82 Å². The number of imidazole rings is 1. The van der Waals surface area contributed by atoms with Gasteiger partial charge in [-0.2, -0.15) is 0 Å². The fraction of sp³-hybridized carbons (Fsp3) is 0.583. The van der Waals surface area contributed by atoms with Crippen molar-refractivity contribution in [2.45, 2.75) is 58.5 Å². The molecule has 2 aromatic rings. The molecule has 0 atom stereocenters. The summed E-state index contributed by atoms with van der Waals surface area (Å²) >= 11 is 0. The summed E-state index contributed by atoms with van der Waals surface area (Å²) in [6.07, 6.45) is 8.78. The van der Waals surface area contributed by atoms with Gasteiger partial charge in [-0.3, -0.25) is 9.89 Å². The van der Waals surface area contributed by atoms with Gasteiger partial charge in [0.15, 0.2) is 5.96 Å². The lowest BCUT2D eigenvalue weighted by molar-refractivity contribution is 0.102. The highest BCUT2D eigenvalue weighted by atomic mass is 127. The highest BCUT2D eigenvalue weighted by Gasteiger charge is 2.27. The molecule has 0 spiro atoms. The number of benzene rings is 1. The van der Waals surface area contributed by atoms with Crippen LogP contribution >= 0.6 is 24.0 Å². The van der Waals surface area contributed by atoms with Gasteiger partial charge in [0.2, 0.25) is 0 Å². The molecule has 0 saturated carbocycles. The Morgan fingerprint density at radius 3 is 2.55 bits per heavy atom. The average molecular weight is 539 g/mol. The maximum absolute atomic E-state index is 4.89. The van der Waals surface area contributed by atoms with E-state index in [4.69, 9.17) is 4.99 Å². The molecule has 1 aromatic heterocycles. The Hall–Kier alpha value is -1.61. The molecule has 1 saturated heterocycles. The van der Waals surface area contributed by atoms with Crippen molar-refractivity contribution < 1.29 is 0 Å². The molecule has 0 bridgehead atoms. The molecule has 6 nitrogen and oxygen atoms in total. The molecule has 0 radical (unpaired) electrons. The Kier molecular flexibility index (Phi) is 10.8. The first-order valence-electron chi connectivity index (χ1n) is 11.4. The molecular weight excluding hydrogens is 499 g/mol. The zero-order chi connectivity index (χ0) is 21.2. The first kappa shape index (κ1) is 25.6. The van der Waals surface area contributed by atoms with Crippen LogP contribution in [0.25, 0.3) is 0 Å². The monoisotopic (exact) mass is 538 g/mol. The van der Waals surface area contributed by atoms with E-state index < -0.39 is 0 Å². The second-order valence-electron chi connectivity index (χ2n) is 8.69. The standard InChI is InChI=1S/C24H38N6.HI/c1-4-25-23(28-20-24(2,3)30-16-9-6-10-17-30)27-14-13-22-26-15-18-29(22)19-21-11-7-5-8-12-21;/h5,7-8,11-12,15,18H,4,6,9-10,13-14,16-17,19-20H2,1-3H3,(H2,25,27,28);1H. The lowest BCUT2D eigenvalue weighted by atomic mass is 9.99. The van der Waals surface area contributed by atoms with Gasteiger partial charge in [0, 0.05) is 44.0 Å².